The zero-order chi connectivity index (χ0) is 25.5. The topological polar surface area (TPSA) is 61.8 Å². The zero-order valence-corrected chi connectivity index (χ0v) is 23.4. The molecule has 5 nitrogen and oxygen atoms in total. The van der Waals surface area contributed by atoms with Crippen LogP contribution in [0.4, 0.5) is 0 Å². The summed E-state index contributed by atoms with van der Waals surface area (Å²) in [5.74, 6) is -0.355. The summed E-state index contributed by atoms with van der Waals surface area (Å²) in [5.41, 5.74) is 3.56. The Hall–Kier alpha value is -1.87. The van der Waals surface area contributed by atoms with Crippen LogP contribution in [0.3, 0.4) is 0 Å². The maximum atomic E-state index is 13.4. The fourth-order valence-corrected chi connectivity index (χ4v) is 12.8. The van der Waals surface area contributed by atoms with Crippen molar-refractivity contribution in [2.45, 2.75) is 98.3 Å². The van der Waals surface area contributed by atoms with Crippen LogP contribution in [0.5, 0.6) is 0 Å². The molecule has 0 saturated heterocycles. The Morgan fingerprint density at radius 1 is 0.727 bits per heavy atom. The standard InChI is InChI=1S/C27H43O5P/c1-15(2)20-13-21(16(3)4)24(22(14-20)17(5)6)33(18(7)8,19(9)10)25(27(29)31-12)23(32-33)26(28)30-11/h13-19H,1-12H3. The minimum atomic E-state index is -3.67. The van der Waals surface area contributed by atoms with Crippen LogP contribution < -0.4 is 5.30 Å². The number of methoxy groups -OCH3 is 2. The summed E-state index contributed by atoms with van der Waals surface area (Å²) in [7, 11) is 2.67. The summed E-state index contributed by atoms with van der Waals surface area (Å²) in [6.45, 7) is 17.9. The van der Waals surface area contributed by atoms with Crippen molar-refractivity contribution in [2.75, 3.05) is 14.2 Å². The number of ether oxygens (including phenoxy) is 2. The predicted octanol–water partition coefficient (Wildman–Crippen LogP) is 6.56. The van der Waals surface area contributed by atoms with Gasteiger partial charge in [-0.15, -0.1) is 0 Å². The van der Waals surface area contributed by atoms with Crippen molar-refractivity contribution in [3.8, 4) is 0 Å². The molecule has 6 heteroatoms. The molecule has 2 rings (SSSR count). The van der Waals surface area contributed by atoms with Crippen molar-refractivity contribution >= 4 is 24.1 Å². The second-order valence-corrected chi connectivity index (χ2v) is 16.1. The Labute approximate surface area is 200 Å². The van der Waals surface area contributed by atoms with E-state index in [1.54, 1.807) is 0 Å². The van der Waals surface area contributed by atoms with E-state index in [9.17, 15) is 9.59 Å². The molecule has 0 radical (unpaired) electrons. The summed E-state index contributed by atoms with van der Waals surface area (Å²) < 4.78 is 17.1. The number of benzene rings is 1. The van der Waals surface area contributed by atoms with Gasteiger partial charge in [-0.1, -0.05) is 0 Å². The average molecular weight is 479 g/mol. The number of hydrogen-bond acceptors (Lipinski definition) is 5. The molecule has 0 fully saturated rings. The van der Waals surface area contributed by atoms with Gasteiger partial charge in [-0.2, -0.15) is 0 Å². The van der Waals surface area contributed by atoms with E-state index >= 15 is 0 Å². The van der Waals surface area contributed by atoms with Crippen molar-refractivity contribution in [1.29, 1.82) is 0 Å². The molecular weight excluding hydrogens is 435 g/mol. The summed E-state index contributed by atoms with van der Waals surface area (Å²) in [4.78, 5) is 26.2. The van der Waals surface area contributed by atoms with E-state index in [4.69, 9.17) is 14.0 Å². The third-order valence-electron chi connectivity index (χ3n) is 7.33. The van der Waals surface area contributed by atoms with Crippen LogP contribution in [-0.4, -0.2) is 37.5 Å². The van der Waals surface area contributed by atoms with Crippen LogP contribution in [0.2, 0.25) is 0 Å². The Bertz CT molecular complexity index is 932. The molecule has 0 atom stereocenters. The van der Waals surface area contributed by atoms with Crippen molar-refractivity contribution < 1.29 is 23.6 Å². The first kappa shape index (κ1) is 27.4. The first-order chi connectivity index (χ1) is 15.2. The molecule has 0 saturated carbocycles. The molecule has 33 heavy (non-hydrogen) atoms. The molecule has 186 valence electrons. The van der Waals surface area contributed by atoms with Gasteiger partial charge in [-0.25, -0.2) is 0 Å². The SMILES string of the molecule is COC(=O)C1=C(C(=O)OC)P(c2c(C(C)C)cc(C(C)C)cc2C(C)C)(C(C)C)(C(C)C)O1. The van der Waals surface area contributed by atoms with E-state index in [1.807, 2.05) is 0 Å². The number of carbonyl (C=O) groups excluding carboxylic acids is 2. The van der Waals surface area contributed by atoms with E-state index in [-0.39, 0.29) is 28.9 Å². The number of rotatable bonds is 8. The first-order valence-electron chi connectivity index (χ1n) is 12.0. The molecule has 0 N–H and O–H groups in total. The van der Waals surface area contributed by atoms with Crippen molar-refractivity contribution in [3.05, 3.63) is 39.9 Å². The molecule has 0 aliphatic carbocycles. The molecule has 1 heterocycles. The Kier molecular flexibility index (Phi) is 7.80. The van der Waals surface area contributed by atoms with Crippen LogP contribution in [0.25, 0.3) is 0 Å². The number of esters is 2. The average Bonchev–Trinajstić information content (AvgIpc) is 2.71. The third kappa shape index (κ3) is 3.71. The minimum absolute atomic E-state index is 0.00163. The summed E-state index contributed by atoms with van der Waals surface area (Å²) in [5, 5.41) is 1.51. The summed E-state index contributed by atoms with van der Waals surface area (Å²) in [6.07, 6.45) is 0. The summed E-state index contributed by atoms with van der Waals surface area (Å²) in [6, 6.07) is 4.56. The van der Waals surface area contributed by atoms with Crippen LogP contribution in [-0.2, 0) is 23.6 Å². The van der Waals surface area contributed by atoms with Crippen molar-refractivity contribution in [1.82, 2.24) is 0 Å². The van der Waals surface area contributed by atoms with Crippen LogP contribution in [0.1, 0.15) is 104 Å². The molecular formula is C27H43O5P. The van der Waals surface area contributed by atoms with Crippen molar-refractivity contribution in [2.24, 2.45) is 0 Å². The van der Waals surface area contributed by atoms with Crippen molar-refractivity contribution in [3.63, 3.8) is 0 Å². The van der Waals surface area contributed by atoms with E-state index < -0.39 is 18.8 Å². The van der Waals surface area contributed by atoms with Crippen LogP contribution in [0, 0.1) is 0 Å². The van der Waals surface area contributed by atoms with Gasteiger partial charge in [-0.05, 0) is 0 Å². The van der Waals surface area contributed by atoms with Gasteiger partial charge < -0.3 is 0 Å². The van der Waals surface area contributed by atoms with Crippen LogP contribution >= 0.6 is 6.83 Å². The van der Waals surface area contributed by atoms with Gasteiger partial charge >= 0.3 is 200 Å². The number of hydrogen-bond donors (Lipinski definition) is 0. The first-order valence-corrected chi connectivity index (χ1v) is 14.3. The Balaban J connectivity index is 3.26. The molecule has 0 amide bonds. The molecule has 0 spiro atoms. The van der Waals surface area contributed by atoms with Gasteiger partial charge in [-0.3, -0.25) is 0 Å². The fourth-order valence-electron chi connectivity index (χ4n) is 5.51. The van der Waals surface area contributed by atoms with E-state index in [0.717, 1.165) is 5.30 Å². The molecule has 1 aliphatic heterocycles. The Morgan fingerprint density at radius 2 is 1.15 bits per heavy atom. The quantitative estimate of drug-likeness (QED) is 0.313. The van der Waals surface area contributed by atoms with Gasteiger partial charge in [0.2, 0.25) is 0 Å². The Morgan fingerprint density at radius 3 is 1.45 bits per heavy atom. The van der Waals surface area contributed by atoms with Gasteiger partial charge in [0.25, 0.3) is 0 Å². The van der Waals surface area contributed by atoms with Gasteiger partial charge in [0.05, 0.1) is 0 Å². The summed E-state index contributed by atoms with van der Waals surface area (Å²) >= 11 is 0. The van der Waals surface area contributed by atoms with Gasteiger partial charge in [0.1, 0.15) is 0 Å². The molecule has 1 aromatic carbocycles. The second-order valence-electron chi connectivity index (χ2n) is 10.6. The third-order valence-corrected chi connectivity index (χ3v) is 14.8. The zero-order valence-electron chi connectivity index (χ0n) is 22.5. The number of carbonyl (C=O) groups is 2. The molecule has 1 aromatic rings. The molecule has 0 unspecified atom stereocenters. The van der Waals surface area contributed by atoms with E-state index in [0.29, 0.717) is 11.2 Å². The molecule has 0 aromatic heterocycles. The second kappa shape index (κ2) is 9.41. The van der Waals surface area contributed by atoms with E-state index in [1.165, 1.54) is 30.9 Å². The molecule has 1 aliphatic rings. The predicted molar refractivity (Wildman–Crippen MR) is 138 cm³/mol. The fraction of sp³-hybridized carbons (Fsp3) is 0.630. The van der Waals surface area contributed by atoms with E-state index in [2.05, 4.69) is 81.4 Å². The van der Waals surface area contributed by atoms with Gasteiger partial charge in [0.15, 0.2) is 0 Å². The monoisotopic (exact) mass is 478 g/mol. The van der Waals surface area contributed by atoms with Crippen LogP contribution in [0.15, 0.2) is 23.2 Å². The molecule has 0 bridgehead atoms. The van der Waals surface area contributed by atoms with Gasteiger partial charge in [0, 0.05) is 0 Å². The maximum absolute atomic E-state index is 13.4. The normalized spacial score (nSPS) is 18.3.